The van der Waals surface area contributed by atoms with Gasteiger partial charge >= 0.3 is 35.0 Å². The Kier molecular flexibility index (Phi) is 9.96. The molecule has 5 heteroatoms. The molecule has 0 heterocycles. The first-order chi connectivity index (χ1) is 15.2. The Hall–Kier alpha value is -1.78. The number of rotatable bonds is 5. The molecule has 0 saturated carbocycles. The second-order valence-corrected chi connectivity index (χ2v) is 11.2. The molecule has 4 aromatic rings. The van der Waals surface area contributed by atoms with E-state index in [9.17, 15) is 0 Å². The standard InChI is InChI=1S/C26H22NP.2ClH.Pd/c1-21-12-8-10-18-25(21)27-20-22-13-9-11-19-26(22)28(23-14-4-2-5-15-23)24-16-6-3-7-17-24;;;/h2-20H,1H3;2*1H;/q;;;+2/p-2. The first-order valence-corrected chi connectivity index (χ1v) is 15.0. The van der Waals surface area contributed by atoms with Gasteiger partial charge in [-0.1, -0.05) is 103 Å². The van der Waals surface area contributed by atoms with E-state index in [4.69, 9.17) is 24.1 Å². The fourth-order valence-corrected chi connectivity index (χ4v) is 5.65. The van der Waals surface area contributed by atoms with E-state index in [0.717, 1.165) is 5.69 Å². The number of nitrogens with zero attached hydrogens (tertiary/aromatic N) is 1. The number of halogens is 2. The predicted molar refractivity (Wildman–Crippen MR) is 135 cm³/mol. The van der Waals surface area contributed by atoms with Gasteiger partial charge in [-0.3, -0.25) is 4.99 Å². The summed E-state index contributed by atoms with van der Waals surface area (Å²) < 4.78 is 0. The fraction of sp³-hybridized carbons (Fsp3) is 0.0385. The average Bonchev–Trinajstić information content (AvgIpc) is 2.81. The number of hydrogen-bond acceptors (Lipinski definition) is 1. The van der Waals surface area contributed by atoms with Crippen molar-refractivity contribution in [1.82, 2.24) is 0 Å². The summed E-state index contributed by atoms with van der Waals surface area (Å²) in [6.45, 7) is 2.10. The van der Waals surface area contributed by atoms with E-state index in [0.29, 0.717) is 0 Å². The molecule has 0 aliphatic heterocycles. The van der Waals surface area contributed by atoms with Crippen molar-refractivity contribution in [3.05, 3.63) is 120 Å². The molecular weight excluding hydrogens is 535 g/mol. The van der Waals surface area contributed by atoms with Gasteiger partial charge in [0.2, 0.25) is 0 Å². The Morgan fingerprint density at radius 1 is 0.677 bits per heavy atom. The van der Waals surface area contributed by atoms with Gasteiger partial charge < -0.3 is 0 Å². The van der Waals surface area contributed by atoms with E-state index in [2.05, 4.69) is 104 Å². The van der Waals surface area contributed by atoms with Gasteiger partial charge in [-0.25, -0.2) is 0 Å². The molecule has 1 nitrogen and oxygen atoms in total. The minimum atomic E-state index is -0.646. The van der Waals surface area contributed by atoms with Crippen molar-refractivity contribution in [3.63, 3.8) is 0 Å². The zero-order valence-corrected chi connectivity index (χ0v) is 20.9. The molecule has 0 unspecified atom stereocenters. The molecule has 4 aromatic carbocycles. The summed E-state index contributed by atoms with van der Waals surface area (Å²) in [5.41, 5.74) is 3.37. The van der Waals surface area contributed by atoms with Gasteiger partial charge in [0.05, 0.1) is 5.69 Å². The average molecular weight is 557 g/mol. The Balaban J connectivity index is 0.000000858. The maximum absolute atomic E-state index is 4.81. The van der Waals surface area contributed by atoms with Crippen molar-refractivity contribution < 1.29 is 15.9 Å². The summed E-state index contributed by atoms with van der Waals surface area (Å²) in [5, 5.41) is 4.02. The van der Waals surface area contributed by atoms with Crippen molar-refractivity contribution in [3.8, 4) is 0 Å². The number of para-hydroxylation sites is 1. The molecule has 0 saturated heterocycles. The Morgan fingerprint density at radius 2 is 1.16 bits per heavy atom. The molecule has 0 radical (unpaired) electrons. The van der Waals surface area contributed by atoms with Crippen molar-refractivity contribution >= 4 is 54.8 Å². The third-order valence-corrected chi connectivity index (χ3v) is 7.18. The van der Waals surface area contributed by atoms with Crippen molar-refractivity contribution in [1.29, 1.82) is 0 Å². The zero-order chi connectivity index (χ0) is 21.9. The van der Waals surface area contributed by atoms with Crippen LogP contribution in [-0.2, 0) is 15.9 Å². The fourth-order valence-electron chi connectivity index (χ4n) is 3.23. The van der Waals surface area contributed by atoms with Crippen LogP contribution in [0.4, 0.5) is 5.69 Å². The normalized spacial score (nSPS) is 10.8. The van der Waals surface area contributed by atoms with E-state index in [1.807, 2.05) is 18.3 Å². The van der Waals surface area contributed by atoms with Crippen LogP contribution < -0.4 is 15.9 Å². The molecule has 160 valence electrons. The van der Waals surface area contributed by atoms with Gasteiger partial charge in [-0.05, 0) is 42.4 Å². The van der Waals surface area contributed by atoms with E-state index in [-0.39, 0.29) is 15.9 Å². The molecule has 0 bridgehead atoms. The minimum absolute atomic E-state index is 0.106. The Bertz CT molecular complexity index is 1060. The van der Waals surface area contributed by atoms with Crippen LogP contribution in [-0.4, -0.2) is 6.21 Å². The number of aryl methyl sites for hydroxylation is 1. The molecule has 0 amide bonds. The SMILES string of the molecule is Cc1ccccc1N=Cc1ccccc1P(c1ccccc1)c1ccccc1.[Cl][Pd][Cl]. The summed E-state index contributed by atoms with van der Waals surface area (Å²) in [6.07, 6.45) is 2.01. The van der Waals surface area contributed by atoms with Crippen LogP contribution in [0, 0.1) is 6.92 Å². The summed E-state index contributed by atoms with van der Waals surface area (Å²) in [6, 6.07) is 38.4. The van der Waals surface area contributed by atoms with Gasteiger partial charge in [0.25, 0.3) is 0 Å². The van der Waals surface area contributed by atoms with Gasteiger partial charge in [-0.2, -0.15) is 0 Å². The number of aliphatic imine (C=N–C) groups is 1. The van der Waals surface area contributed by atoms with Gasteiger partial charge in [0.1, 0.15) is 0 Å². The number of hydrogen-bond donors (Lipinski definition) is 0. The predicted octanol–water partition coefficient (Wildman–Crippen LogP) is 6.88. The molecule has 31 heavy (non-hydrogen) atoms. The molecule has 0 aliphatic rings. The Morgan fingerprint density at radius 3 is 1.74 bits per heavy atom. The number of benzene rings is 4. The van der Waals surface area contributed by atoms with Crippen LogP contribution in [0.15, 0.2) is 114 Å². The van der Waals surface area contributed by atoms with E-state index < -0.39 is 7.92 Å². The van der Waals surface area contributed by atoms with Crippen LogP contribution in [0.25, 0.3) is 0 Å². The van der Waals surface area contributed by atoms with Gasteiger partial charge in [-0.15, -0.1) is 0 Å². The van der Waals surface area contributed by atoms with E-state index >= 15 is 0 Å². The second-order valence-electron chi connectivity index (χ2n) is 6.66. The van der Waals surface area contributed by atoms with Crippen LogP contribution in [0.3, 0.4) is 0 Å². The first kappa shape index (κ1) is 23.9. The molecule has 0 aromatic heterocycles. The molecule has 0 spiro atoms. The van der Waals surface area contributed by atoms with Crippen LogP contribution in [0.2, 0.25) is 0 Å². The van der Waals surface area contributed by atoms with E-state index in [1.54, 1.807) is 0 Å². The first-order valence-electron chi connectivity index (χ1n) is 9.66. The molecule has 0 aliphatic carbocycles. The zero-order valence-electron chi connectivity index (χ0n) is 16.9. The molecule has 0 atom stereocenters. The van der Waals surface area contributed by atoms with Gasteiger partial charge in [0, 0.05) is 11.8 Å². The quantitative estimate of drug-likeness (QED) is 0.144. The monoisotopic (exact) mass is 555 g/mol. The summed E-state index contributed by atoms with van der Waals surface area (Å²) in [4.78, 5) is 4.79. The van der Waals surface area contributed by atoms with Crippen molar-refractivity contribution in [2.24, 2.45) is 4.99 Å². The summed E-state index contributed by atoms with van der Waals surface area (Å²) in [5.74, 6) is 0. The van der Waals surface area contributed by atoms with Gasteiger partial charge in [0.15, 0.2) is 0 Å². The molecular formula is C26H22Cl2NPPd. The van der Waals surface area contributed by atoms with E-state index in [1.165, 1.54) is 27.0 Å². The van der Waals surface area contributed by atoms with Crippen molar-refractivity contribution in [2.75, 3.05) is 0 Å². The maximum atomic E-state index is 4.81. The molecule has 0 fully saturated rings. The van der Waals surface area contributed by atoms with Crippen LogP contribution >= 0.6 is 27.0 Å². The third kappa shape index (κ3) is 6.85. The van der Waals surface area contributed by atoms with Crippen LogP contribution in [0.5, 0.6) is 0 Å². The summed E-state index contributed by atoms with van der Waals surface area (Å²) >= 11 is -0.106. The molecule has 4 rings (SSSR count). The topological polar surface area (TPSA) is 12.4 Å². The molecule has 0 N–H and O–H groups in total. The Labute approximate surface area is 202 Å². The summed E-state index contributed by atoms with van der Waals surface area (Å²) in [7, 11) is 8.98. The van der Waals surface area contributed by atoms with Crippen molar-refractivity contribution in [2.45, 2.75) is 6.92 Å². The van der Waals surface area contributed by atoms with Crippen LogP contribution in [0.1, 0.15) is 11.1 Å². The third-order valence-electron chi connectivity index (χ3n) is 4.66. The second kappa shape index (κ2) is 12.9.